The molecule has 1 aliphatic rings. The number of hydrogen-bond donors (Lipinski definition) is 1. The molecule has 1 aromatic carbocycles. The van der Waals surface area contributed by atoms with Gasteiger partial charge in [0.25, 0.3) is 0 Å². The molecule has 30 heavy (non-hydrogen) atoms. The van der Waals surface area contributed by atoms with Gasteiger partial charge in [-0.05, 0) is 55.6 Å². The van der Waals surface area contributed by atoms with Crippen LogP contribution in [0.25, 0.3) is 11.5 Å². The maximum absolute atomic E-state index is 9.53. The number of rotatable bonds is 7. The third-order valence-electron chi connectivity index (χ3n) is 5.70. The van der Waals surface area contributed by atoms with Crippen molar-refractivity contribution in [2.75, 3.05) is 25.0 Å². The fourth-order valence-corrected chi connectivity index (χ4v) is 3.98. The molecule has 6 nitrogen and oxygen atoms in total. The lowest BCUT2D eigenvalue weighted by Gasteiger charge is -2.35. The van der Waals surface area contributed by atoms with Crippen molar-refractivity contribution < 1.29 is 4.42 Å². The summed E-state index contributed by atoms with van der Waals surface area (Å²) in [5.74, 6) is 0.826. The van der Waals surface area contributed by atoms with Gasteiger partial charge in [-0.2, -0.15) is 10.2 Å². The van der Waals surface area contributed by atoms with Crippen molar-refractivity contribution in [3.05, 3.63) is 65.6 Å². The van der Waals surface area contributed by atoms with Gasteiger partial charge in [0.05, 0.1) is 11.6 Å². The number of aromatic nitrogens is 2. The summed E-state index contributed by atoms with van der Waals surface area (Å²) in [7, 11) is 0. The van der Waals surface area contributed by atoms with Gasteiger partial charge in [0, 0.05) is 18.9 Å². The van der Waals surface area contributed by atoms with Gasteiger partial charge in [0.2, 0.25) is 17.5 Å². The zero-order valence-corrected chi connectivity index (χ0v) is 17.3. The summed E-state index contributed by atoms with van der Waals surface area (Å²) in [6.45, 7) is 5.00. The van der Waals surface area contributed by atoms with Crippen molar-refractivity contribution >= 4 is 5.88 Å². The highest BCUT2D eigenvalue weighted by atomic mass is 16.4. The van der Waals surface area contributed by atoms with E-state index in [9.17, 15) is 5.26 Å². The first-order chi connectivity index (χ1) is 14.8. The predicted octanol–water partition coefficient (Wildman–Crippen LogP) is 4.81. The van der Waals surface area contributed by atoms with Gasteiger partial charge < -0.3 is 9.73 Å². The van der Waals surface area contributed by atoms with Gasteiger partial charge >= 0.3 is 0 Å². The maximum atomic E-state index is 9.53. The minimum atomic E-state index is 0.217. The van der Waals surface area contributed by atoms with E-state index in [1.54, 1.807) is 12.4 Å². The van der Waals surface area contributed by atoms with Crippen LogP contribution in [0, 0.1) is 11.3 Å². The largest absolute Gasteiger partial charge is 0.419 e. The Balaban J connectivity index is 1.56. The summed E-state index contributed by atoms with van der Waals surface area (Å²) < 4.78 is 5.90. The summed E-state index contributed by atoms with van der Waals surface area (Å²) in [6.07, 6.45) is 8.15. The number of aryl methyl sites for hydroxylation is 1. The SMILES string of the molecule is CCc1ccc([C@@H](CNc2oc(-c3cccnc3)nc2C#N)N2CCCCC2)cc1. The van der Waals surface area contributed by atoms with Gasteiger partial charge in [-0.1, -0.05) is 37.6 Å². The lowest BCUT2D eigenvalue weighted by Crippen LogP contribution is -2.37. The molecule has 1 aliphatic heterocycles. The monoisotopic (exact) mass is 401 g/mol. The number of benzene rings is 1. The molecule has 1 saturated heterocycles. The summed E-state index contributed by atoms with van der Waals surface area (Å²) in [4.78, 5) is 11.0. The van der Waals surface area contributed by atoms with Crippen LogP contribution < -0.4 is 5.32 Å². The van der Waals surface area contributed by atoms with Gasteiger partial charge in [0.15, 0.2) is 0 Å². The highest BCUT2D eigenvalue weighted by molar-refractivity contribution is 5.57. The molecular weight excluding hydrogens is 374 g/mol. The van der Waals surface area contributed by atoms with Crippen molar-refractivity contribution in [3.63, 3.8) is 0 Å². The highest BCUT2D eigenvalue weighted by Crippen LogP contribution is 2.28. The third kappa shape index (κ3) is 4.52. The van der Waals surface area contributed by atoms with E-state index < -0.39 is 0 Å². The van der Waals surface area contributed by atoms with Crippen LogP contribution in [0.4, 0.5) is 5.88 Å². The van der Waals surface area contributed by atoms with E-state index in [0.717, 1.165) is 25.1 Å². The van der Waals surface area contributed by atoms with Crippen molar-refractivity contribution in [3.8, 4) is 17.5 Å². The average molecular weight is 402 g/mol. The van der Waals surface area contributed by atoms with Crippen LogP contribution in [0.1, 0.15) is 49.0 Å². The standard InChI is InChI=1S/C24H27N5O/c1-2-18-8-10-19(11-9-18)22(29-13-4-3-5-14-29)17-27-24-21(15-25)28-23(30-24)20-7-6-12-26-16-20/h6-12,16,22,27H,2-5,13-14,17H2,1H3/t22-/m1/s1. The molecule has 1 N–H and O–H groups in total. The van der Waals surface area contributed by atoms with E-state index >= 15 is 0 Å². The van der Waals surface area contributed by atoms with Crippen molar-refractivity contribution in [2.24, 2.45) is 0 Å². The number of oxazole rings is 1. The molecule has 4 rings (SSSR count). The molecule has 0 amide bonds. The van der Waals surface area contributed by atoms with E-state index in [1.165, 1.54) is 30.4 Å². The molecule has 2 aromatic heterocycles. The first kappa shape index (κ1) is 20.1. The summed E-state index contributed by atoms with van der Waals surface area (Å²) in [5.41, 5.74) is 3.65. The maximum Gasteiger partial charge on any atom is 0.232 e. The van der Waals surface area contributed by atoms with Crippen LogP contribution in [0.2, 0.25) is 0 Å². The quantitative estimate of drug-likeness (QED) is 0.612. The summed E-state index contributed by atoms with van der Waals surface area (Å²) in [5, 5.41) is 12.9. The highest BCUT2D eigenvalue weighted by Gasteiger charge is 2.24. The Morgan fingerprint density at radius 1 is 1.17 bits per heavy atom. The third-order valence-corrected chi connectivity index (χ3v) is 5.70. The van der Waals surface area contributed by atoms with Gasteiger partial charge in [-0.25, -0.2) is 0 Å². The van der Waals surface area contributed by atoms with Crippen molar-refractivity contribution in [1.82, 2.24) is 14.9 Å². The molecule has 3 aromatic rings. The number of hydrogen-bond acceptors (Lipinski definition) is 6. The minimum absolute atomic E-state index is 0.217. The van der Waals surface area contributed by atoms with Crippen LogP contribution in [0.15, 0.2) is 53.2 Å². The van der Waals surface area contributed by atoms with Crippen LogP contribution in [-0.2, 0) is 6.42 Å². The Hall–Kier alpha value is -3.17. The molecular formula is C24H27N5O. The summed E-state index contributed by atoms with van der Waals surface area (Å²) >= 11 is 0. The molecule has 0 aliphatic carbocycles. The van der Waals surface area contributed by atoms with Gasteiger partial charge in [0.1, 0.15) is 6.07 Å². The number of nitrogens with one attached hydrogen (secondary N) is 1. The second kappa shape index (κ2) is 9.55. The van der Waals surface area contributed by atoms with Crippen molar-refractivity contribution in [2.45, 2.75) is 38.6 Å². The predicted molar refractivity (Wildman–Crippen MR) is 117 cm³/mol. The van der Waals surface area contributed by atoms with E-state index in [-0.39, 0.29) is 11.7 Å². The molecule has 0 spiro atoms. The number of nitrogens with zero attached hydrogens (tertiary/aromatic N) is 4. The zero-order chi connectivity index (χ0) is 20.8. The molecule has 1 atom stereocenters. The second-order valence-electron chi connectivity index (χ2n) is 7.64. The Morgan fingerprint density at radius 3 is 2.63 bits per heavy atom. The number of likely N-dealkylation sites (tertiary alicyclic amines) is 1. The smallest absolute Gasteiger partial charge is 0.232 e. The zero-order valence-electron chi connectivity index (χ0n) is 17.3. The first-order valence-electron chi connectivity index (χ1n) is 10.7. The van der Waals surface area contributed by atoms with Gasteiger partial charge in [-0.15, -0.1) is 0 Å². The topological polar surface area (TPSA) is 78.0 Å². The fourth-order valence-electron chi connectivity index (χ4n) is 3.98. The number of anilines is 1. The van der Waals surface area contributed by atoms with Gasteiger partial charge in [-0.3, -0.25) is 9.88 Å². The number of pyridine rings is 1. The molecule has 6 heteroatoms. The molecule has 0 radical (unpaired) electrons. The average Bonchev–Trinajstić information content (AvgIpc) is 3.24. The number of nitriles is 1. The fraction of sp³-hybridized carbons (Fsp3) is 0.375. The van der Waals surface area contributed by atoms with Crippen LogP contribution in [0.3, 0.4) is 0 Å². The lowest BCUT2D eigenvalue weighted by atomic mass is 10.00. The Bertz CT molecular complexity index is 985. The lowest BCUT2D eigenvalue weighted by molar-refractivity contribution is 0.170. The minimum Gasteiger partial charge on any atom is -0.419 e. The van der Waals surface area contributed by atoms with E-state index in [0.29, 0.717) is 18.3 Å². The molecule has 0 unspecified atom stereocenters. The van der Waals surface area contributed by atoms with E-state index in [1.807, 2.05) is 12.1 Å². The number of piperidine rings is 1. The molecule has 0 saturated carbocycles. The Kier molecular flexibility index (Phi) is 6.41. The summed E-state index contributed by atoms with van der Waals surface area (Å²) in [6, 6.07) is 14.9. The molecule has 154 valence electrons. The Morgan fingerprint density at radius 2 is 1.97 bits per heavy atom. The van der Waals surface area contributed by atoms with Crippen LogP contribution in [0.5, 0.6) is 0 Å². The van der Waals surface area contributed by atoms with Crippen LogP contribution in [-0.4, -0.2) is 34.5 Å². The van der Waals surface area contributed by atoms with E-state index in [2.05, 4.69) is 57.4 Å². The molecule has 0 bridgehead atoms. The van der Waals surface area contributed by atoms with E-state index in [4.69, 9.17) is 4.42 Å². The second-order valence-corrected chi connectivity index (χ2v) is 7.64. The van der Waals surface area contributed by atoms with Crippen LogP contribution >= 0.6 is 0 Å². The molecule has 3 heterocycles. The normalized spacial score (nSPS) is 15.5. The molecule has 1 fully saturated rings. The first-order valence-corrected chi connectivity index (χ1v) is 10.7. The van der Waals surface area contributed by atoms with Crippen molar-refractivity contribution in [1.29, 1.82) is 5.26 Å². The Labute approximate surface area is 177 Å².